The van der Waals surface area contributed by atoms with E-state index in [0.717, 1.165) is 25.4 Å². The molecule has 0 bridgehead atoms. The van der Waals surface area contributed by atoms with Crippen molar-refractivity contribution in [2.24, 2.45) is 0 Å². The topological polar surface area (TPSA) is 23.5 Å². The first-order valence-electron chi connectivity index (χ1n) is 6.68. The van der Waals surface area contributed by atoms with Crippen LogP contribution in [0.25, 0.3) is 0 Å². The van der Waals surface area contributed by atoms with Crippen LogP contribution in [0.3, 0.4) is 0 Å². The molecule has 1 aliphatic carbocycles. The fourth-order valence-electron chi connectivity index (χ4n) is 3.23. The number of hydrogen-bond donors (Lipinski definition) is 1. The molecule has 0 radical (unpaired) electrons. The van der Waals surface area contributed by atoms with Crippen LogP contribution in [-0.4, -0.2) is 34.2 Å². The molecule has 1 saturated carbocycles. The molecular formula is C15H21NO. The molecule has 1 N–H and O–H groups in total. The predicted molar refractivity (Wildman–Crippen MR) is 68.9 cm³/mol. The van der Waals surface area contributed by atoms with Crippen LogP contribution in [-0.2, 0) is 6.42 Å². The highest BCUT2D eigenvalue weighted by molar-refractivity contribution is 5.18. The zero-order valence-corrected chi connectivity index (χ0v) is 10.5. The normalized spacial score (nSPS) is 34.1. The van der Waals surface area contributed by atoms with Gasteiger partial charge in [-0.2, -0.15) is 0 Å². The highest BCUT2D eigenvalue weighted by atomic mass is 16.3. The SMILES string of the molecule is CC1CC(O)(Cc2ccccc2)CN1C1CC1. The van der Waals surface area contributed by atoms with Gasteiger partial charge in [-0.25, -0.2) is 0 Å². The summed E-state index contributed by atoms with van der Waals surface area (Å²) in [4.78, 5) is 2.50. The number of benzene rings is 1. The van der Waals surface area contributed by atoms with Gasteiger partial charge in [0.2, 0.25) is 0 Å². The van der Waals surface area contributed by atoms with E-state index in [2.05, 4.69) is 36.1 Å². The molecule has 0 aromatic heterocycles. The van der Waals surface area contributed by atoms with Crippen LogP contribution in [0, 0.1) is 0 Å². The smallest absolute Gasteiger partial charge is 0.0829 e. The first kappa shape index (κ1) is 11.2. The molecule has 2 nitrogen and oxygen atoms in total. The van der Waals surface area contributed by atoms with Crippen molar-refractivity contribution >= 4 is 0 Å². The zero-order chi connectivity index (χ0) is 11.9. The van der Waals surface area contributed by atoms with Gasteiger partial charge in [0.05, 0.1) is 5.60 Å². The van der Waals surface area contributed by atoms with Gasteiger partial charge in [-0.05, 0) is 31.7 Å². The molecule has 2 fully saturated rings. The summed E-state index contributed by atoms with van der Waals surface area (Å²) < 4.78 is 0. The van der Waals surface area contributed by atoms with E-state index in [1.165, 1.54) is 18.4 Å². The Balaban J connectivity index is 1.70. The minimum atomic E-state index is -0.511. The van der Waals surface area contributed by atoms with Gasteiger partial charge >= 0.3 is 0 Å². The molecule has 2 unspecified atom stereocenters. The maximum absolute atomic E-state index is 10.7. The van der Waals surface area contributed by atoms with Crippen LogP contribution in [0.2, 0.25) is 0 Å². The second kappa shape index (κ2) is 4.11. The molecule has 17 heavy (non-hydrogen) atoms. The maximum atomic E-state index is 10.7. The summed E-state index contributed by atoms with van der Waals surface area (Å²) in [5.41, 5.74) is 0.739. The predicted octanol–water partition coefficient (Wildman–Crippen LogP) is 2.22. The molecule has 1 heterocycles. The van der Waals surface area contributed by atoms with Crippen LogP contribution < -0.4 is 0 Å². The lowest BCUT2D eigenvalue weighted by atomic mass is 9.92. The molecule has 2 aliphatic rings. The number of β-amino-alcohol motifs (C(OH)–C–C–N with tert-alkyl or cyclic N) is 1. The van der Waals surface area contributed by atoms with Crippen molar-refractivity contribution in [2.75, 3.05) is 6.54 Å². The minimum Gasteiger partial charge on any atom is -0.388 e. The van der Waals surface area contributed by atoms with Crippen LogP contribution >= 0.6 is 0 Å². The third kappa shape index (κ3) is 2.38. The lowest BCUT2D eigenvalue weighted by Crippen LogP contribution is -2.36. The highest BCUT2D eigenvalue weighted by Gasteiger charge is 2.45. The van der Waals surface area contributed by atoms with E-state index in [9.17, 15) is 5.11 Å². The average molecular weight is 231 g/mol. The molecule has 0 amide bonds. The number of hydrogen-bond acceptors (Lipinski definition) is 2. The molecule has 2 atom stereocenters. The molecule has 2 heteroatoms. The van der Waals surface area contributed by atoms with Crippen molar-refractivity contribution in [3.63, 3.8) is 0 Å². The summed E-state index contributed by atoms with van der Waals surface area (Å²) in [5.74, 6) is 0. The van der Waals surface area contributed by atoms with Crippen molar-refractivity contribution in [3.05, 3.63) is 35.9 Å². The summed E-state index contributed by atoms with van der Waals surface area (Å²) in [6.45, 7) is 3.11. The summed E-state index contributed by atoms with van der Waals surface area (Å²) in [7, 11) is 0. The molecule has 1 aliphatic heterocycles. The third-order valence-corrected chi connectivity index (χ3v) is 4.11. The van der Waals surface area contributed by atoms with E-state index in [-0.39, 0.29) is 0 Å². The number of aliphatic hydroxyl groups is 1. The fraction of sp³-hybridized carbons (Fsp3) is 0.600. The monoisotopic (exact) mass is 231 g/mol. The van der Waals surface area contributed by atoms with Gasteiger partial charge < -0.3 is 5.11 Å². The van der Waals surface area contributed by atoms with E-state index in [1.807, 2.05) is 6.07 Å². The Morgan fingerprint density at radius 2 is 2.00 bits per heavy atom. The molecule has 1 aromatic carbocycles. The molecule has 0 spiro atoms. The number of rotatable bonds is 3. The summed E-state index contributed by atoms with van der Waals surface area (Å²) in [6.07, 6.45) is 4.36. The lowest BCUT2D eigenvalue weighted by molar-refractivity contribution is 0.0487. The second-order valence-electron chi connectivity index (χ2n) is 5.84. The number of nitrogens with zero attached hydrogens (tertiary/aromatic N) is 1. The van der Waals surface area contributed by atoms with Gasteiger partial charge in [-0.3, -0.25) is 4.90 Å². The molecule has 1 saturated heterocycles. The molecule has 3 rings (SSSR count). The van der Waals surface area contributed by atoms with Gasteiger partial charge in [0.15, 0.2) is 0 Å². The van der Waals surface area contributed by atoms with Crippen molar-refractivity contribution in [2.45, 2.75) is 50.3 Å². The summed E-state index contributed by atoms with van der Waals surface area (Å²) >= 11 is 0. The standard InChI is InChI=1S/C15H21NO/c1-12-9-15(17,11-16(12)14-7-8-14)10-13-5-3-2-4-6-13/h2-6,12,14,17H,7-11H2,1H3. The van der Waals surface area contributed by atoms with Gasteiger partial charge in [0.25, 0.3) is 0 Å². The Morgan fingerprint density at radius 1 is 1.29 bits per heavy atom. The number of likely N-dealkylation sites (tertiary alicyclic amines) is 1. The summed E-state index contributed by atoms with van der Waals surface area (Å²) in [5, 5.41) is 10.7. The minimum absolute atomic E-state index is 0.511. The largest absolute Gasteiger partial charge is 0.388 e. The van der Waals surface area contributed by atoms with Gasteiger partial charge in [0.1, 0.15) is 0 Å². The van der Waals surface area contributed by atoms with Gasteiger partial charge in [-0.1, -0.05) is 30.3 Å². The van der Waals surface area contributed by atoms with Crippen LogP contribution in [0.5, 0.6) is 0 Å². The van der Waals surface area contributed by atoms with Gasteiger partial charge in [0, 0.05) is 25.0 Å². The maximum Gasteiger partial charge on any atom is 0.0829 e. The molecule has 1 aromatic rings. The zero-order valence-electron chi connectivity index (χ0n) is 10.5. The van der Waals surface area contributed by atoms with Crippen LogP contribution in [0.15, 0.2) is 30.3 Å². The van der Waals surface area contributed by atoms with E-state index >= 15 is 0 Å². The highest BCUT2D eigenvalue weighted by Crippen LogP contribution is 2.38. The quantitative estimate of drug-likeness (QED) is 0.862. The molecular weight excluding hydrogens is 210 g/mol. The lowest BCUT2D eigenvalue weighted by Gasteiger charge is -2.23. The average Bonchev–Trinajstić information content (AvgIpc) is 3.07. The van der Waals surface area contributed by atoms with Crippen LogP contribution in [0.4, 0.5) is 0 Å². The molecule has 92 valence electrons. The Labute approximate surface area is 103 Å². The van der Waals surface area contributed by atoms with E-state index in [0.29, 0.717) is 6.04 Å². The summed E-state index contributed by atoms with van der Waals surface area (Å²) in [6, 6.07) is 11.7. The van der Waals surface area contributed by atoms with Gasteiger partial charge in [-0.15, -0.1) is 0 Å². The fourth-order valence-corrected chi connectivity index (χ4v) is 3.23. The Kier molecular flexibility index (Phi) is 2.72. The Bertz CT molecular complexity index is 387. The van der Waals surface area contributed by atoms with E-state index < -0.39 is 5.60 Å². The third-order valence-electron chi connectivity index (χ3n) is 4.11. The van der Waals surface area contributed by atoms with Crippen molar-refractivity contribution in [3.8, 4) is 0 Å². The van der Waals surface area contributed by atoms with Crippen molar-refractivity contribution in [1.29, 1.82) is 0 Å². The first-order chi connectivity index (χ1) is 8.16. The van der Waals surface area contributed by atoms with Crippen molar-refractivity contribution < 1.29 is 5.11 Å². The first-order valence-corrected chi connectivity index (χ1v) is 6.68. The Morgan fingerprint density at radius 3 is 2.65 bits per heavy atom. The van der Waals surface area contributed by atoms with Crippen molar-refractivity contribution in [1.82, 2.24) is 4.90 Å². The Hall–Kier alpha value is -0.860. The van der Waals surface area contributed by atoms with E-state index in [4.69, 9.17) is 0 Å². The van der Waals surface area contributed by atoms with E-state index in [1.54, 1.807) is 0 Å². The second-order valence-corrected chi connectivity index (χ2v) is 5.84. The van der Waals surface area contributed by atoms with Crippen LogP contribution in [0.1, 0.15) is 31.7 Å².